The topological polar surface area (TPSA) is 29.9 Å². The maximum Gasteiger partial charge on any atom is 0.106 e. The normalized spacial score (nSPS) is 14.8. The fourth-order valence-electron chi connectivity index (χ4n) is 2.36. The number of aryl methyl sites for hydroxylation is 2. The van der Waals surface area contributed by atoms with Gasteiger partial charge in [0.15, 0.2) is 0 Å². The third-order valence-corrected chi connectivity index (χ3v) is 4.18. The minimum absolute atomic E-state index is 0.710. The summed E-state index contributed by atoms with van der Waals surface area (Å²) in [5.41, 5.74) is 3.56. The lowest BCUT2D eigenvalue weighted by Crippen LogP contribution is -2.19. The van der Waals surface area contributed by atoms with Gasteiger partial charge >= 0.3 is 0 Å². The molecule has 1 aliphatic rings. The zero-order chi connectivity index (χ0) is 14.1. The van der Waals surface area contributed by atoms with Gasteiger partial charge in [-0.05, 0) is 43.9 Å². The number of rotatable bonds is 5. The quantitative estimate of drug-likeness (QED) is 0.914. The van der Waals surface area contributed by atoms with Crippen LogP contribution in [0.3, 0.4) is 0 Å². The fourth-order valence-corrected chi connectivity index (χ4v) is 2.65. The molecule has 0 atom stereocenters. The van der Waals surface area contributed by atoms with Crippen molar-refractivity contribution in [2.45, 2.75) is 45.8 Å². The van der Waals surface area contributed by atoms with E-state index in [2.05, 4.69) is 33.9 Å². The van der Waals surface area contributed by atoms with E-state index in [9.17, 15) is 0 Å². The summed E-state index contributed by atoms with van der Waals surface area (Å²) in [6, 6.07) is 6.94. The lowest BCUT2D eigenvalue weighted by atomic mass is 10.1. The predicted octanol–water partition coefficient (Wildman–Crippen LogP) is 3.45. The number of nitrogens with zero attached hydrogens (tertiary/aromatic N) is 2. The first-order valence-corrected chi connectivity index (χ1v) is 7.50. The Morgan fingerprint density at radius 1 is 1.35 bits per heavy atom. The van der Waals surface area contributed by atoms with Crippen LogP contribution < -0.4 is 5.32 Å². The van der Waals surface area contributed by atoms with Gasteiger partial charge in [0.05, 0.1) is 12.2 Å². The van der Waals surface area contributed by atoms with Crippen molar-refractivity contribution in [3.05, 3.63) is 52.1 Å². The molecule has 3 rings (SSSR count). The summed E-state index contributed by atoms with van der Waals surface area (Å²) in [6.07, 6.45) is 4.57. The van der Waals surface area contributed by atoms with E-state index in [0.717, 1.165) is 29.5 Å². The third kappa shape index (κ3) is 3.05. The summed E-state index contributed by atoms with van der Waals surface area (Å²) in [4.78, 5) is 4.44. The highest BCUT2D eigenvalue weighted by molar-refractivity contribution is 6.31. The molecule has 0 bridgehead atoms. The van der Waals surface area contributed by atoms with Crippen molar-refractivity contribution in [1.29, 1.82) is 0 Å². The van der Waals surface area contributed by atoms with E-state index in [1.54, 1.807) is 0 Å². The van der Waals surface area contributed by atoms with Crippen LogP contribution in [0.5, 0.6) is 0 Å². The molecule has 20 heavy (non-hydrogen) atoms. The second kappa shape index (κ2) is 5.58. The van der Waals surface area contributed by atoms with Gasteiger partial charge in [-0.25, -0.2) is 4.98 Å². The summed E-state index contributed by atoms with van der Waals surface area (Å²) in [7, 11) is 0. The van der Waals surface area contributed by atoms with Crippen molar-refractivity contribution in [3.63, 3.8) is 0 Å². The number of hydrogen-bond donors (Lipinski definition) is 1. The summed E-state index contributed by atoms with van der Waals surface area (Å²) < 4.78 is 2.24. The van der Waals surface area contributed by atoms with Gasteiger partial charge in [0.1, 0.15) is 5.82 Å². The number of benzene rings is 1. The molecule has 1 fully saturated rings. The van der Waals surface area contributed by atoms with E-state index in [1.165, 1.54) is 24.1 Å². The van der Waals surface area contributed by atoms with Crippen LogP contribution in [0, 0.1) is 13.8 Å². The molecule has 1 aromatic heterocycles. The summed E-state index contributed by atoms with van der Waals surface area (Å²) in [5, 5.41) is 4.37. The number of aromatic nitrogens is 2. The van der Waals surface area contributed by atoms with Gasteiger partial charge in [-0.15, -0.1) is 0 Å². The van der Waals surface area contributed by atoms with E-state index in [4.69, 9.17) is 11.6 Å². The van der Waals surface area contributed by atoms with E-state index < -0.39 is 0 Å². The van der Waals surface area contributed by atoms with Crippen LogP contribution in [-0.4, -0.2) is 15.6 Å². The molecule has 2 aromatic rings. The average Bonchev–Trinajstić information content (AvgIpc) is 3.17. The van der Waals surface area contributed by atoms with Crippen molar-refractivity contribution in [2.75, 3.05) is 0 Å². The summed E-state index contributed by atoms with van der Waals surface area (Å²) in [6.45, 7) is 5.77. The van der Waals surface area contributed by atoms with Gasteiger partial charge in [-0.3, -0.25) is 0 Å². The van der Waals surface area contributed by atoms with E-state index in [-0.39, 0.29) is 0 Å². The lowest BCUT2D eigenvalue weighted by molar-refractivity contribution is 0.627. The molecule has 0 saturated heterocycles. The van der Waals surface area contributed by atoms with Crippen molar-refractivity contribution < 1.29 is 0 Å². The van der Waals surface area contributed by atoms with E-state index >= 15 is 0 Å². The van der Waals surface area contributed by atoms with Crippen LogP contribution in [0.4, 0.5) is 0 Å². The Labute approximate surface area is 125 Å². The fraction of sp³-hybridized carbons (Fsp3) is 0.438. The second-order valence-electron chi connectivity index (χ2n) is 5.63. The van der Waals surface area contributed by atoms with Crippen molar-refractivity contribution in [3.8, 4) is 0 Å². The van der Waals surface area contributed by atoms with Gasteiger partial charge in [0.2, 0.25) is 0 Å². The van der Waals surface area contributed by atoms with Crippen LogP contribution in [0.25, 0.3) is 0 Å². The molecule has 0 radical (unpaired) electrons. The smallest absolute Gasteiger partial charge is 0.106 e. The second-order valence-corrected chi connectivity index (χ2v) is 6.04. The molecule has 3 nitrogen and oxygen atoms in total. The van der Waals surface area contributed by atoms with Gasteiger partial charge in [0.25, 0.3) is 0 Å². The Morgan fingerprint density at radius 3 is 2.85 bits per heavy atom. The predicted molar refractivity (Wildman–Crippen MR) is 82.1 cm³/mol. The molecule has 1 N–H and O–H groups in total. The molecular weight excluding hydrogens is 270 g/mol. The molecule has 0 amide bonds. The van der Waals surface area contributed by atoms with Crippen molar-refractivity contribution >= 4 is 11.6 Å². The maximum absolute atomic E-state index is 6.34. The van der Waals surface area contributed by atoms with Gasteiger partial charge in [-0.1, -0.05) is 23.7 Å². The molecule has 4 heteroatoms. The van der Waals surface area contributed by atoms with Crippen LogP contribution in [0.2, 0.25) is 5.02 Å². The third-order valence-electron chi connectivity index (χ3n) is 3.82. The Balaban J connectivity index is 1.79. The number of imidazole rings is 1. The van der Waals surface area contributed by atoms with E-state index in [0.29, 0.717) is 6.04 Å². The lowest BCUT2D eigenvalue weighted by Gasteiger charge is -2.12. The first kappa shape index (κ1) is 13.7. The molecule has 0 unspecified atom stereocenters. The minimum Gasteiger partial charge on any atom is -0.327 e. The molecule has 1 heterocycles. The number of nitrogens with one attached hydrogen (secondary N) is 1. The van der Waals surface area contributed by atoms with Crippen LogP contribution in [-0.2, 0) is 13.1 Å². The first-order valence-electron chi connectivity index (χ1n) is 7.13. The molecule has 0 spiro atoms. The standard InChI is InChI=1S/C16H20ClN3/c1-11-3-4-13(16(17)7-11)10-20-12(2)18-8-15(20)9-19-14-5-6-14/h3-4,7-8,14,19H,5-6,9-10H2,1-2H3. The van der Waals surface area contributed by atoms with Crippen LogP contribution in [0.1, 0.15) is 35.5 Å². The Hall–Kier alpha value is -1.32. The summed E-state index contributed by atoms with van der Waals surface area (Å²) in [5.74, 6) is 1.04. The molecule has 106 valence electrons. The first-order chi connectivity index (χ1) is 9.63. The van der Waals surface area contributed by atoms with Crippen LogP contribution in [0.15, 0.2) is 24.4 Å². The largest absolute Gasteiger partial charge is 0.327 e. The Bertz CT molecular complexity index is 614. The maximum atomic E-state index is 6.34. The molecule has 1 aliphatic carbocycles. The van der Waals surface area contributed by atoms with Crippen molar-refractivity contribution in [2.24, 2.45) is 0 Å². The van der Waals surface area contributed by atoms with Gasteiger partial charge < -0.3 is 9.88 Å². The molecule has 0 aliphatic heterocycles. The van der Waals surface area contributed by atoms with Crippen molar-refractivity contribution in [1.82, 2.24) is 14.9 Å². The van der Waals surface area contributed by atoms with Gasteiger partial charge in [0, 0.05) is 23.8 Å². The Kier molecular flexibility index (Phi) is 3.81. The average molecular weight is 290 g/mol. The number of halogens is 1. The van der Waals surface area contributed by atoms with Crippen LogP contribution >= 0.6 is 11.6 Å². The highest BCUT2D eigenvalue weighted by Crippen LogP contribution is 2.22. The molecule has 1 saturated carbocycles. The van der Waals surface area contributed by atoms with Gasteiger partial charge in [-0.2, -0.15) is 0 Å². The number of hydrogen-bond acceptors (Lipinski definition) is 2. The summed E-state index contributed by atoms with van der Waals surface area (Å²) >= 11 is 6.34. The molecule has 1 aromatic carbocycles. The monoisotopic (exact) mass is 289 g/mol. The zero-order valence-corrected chi connectivity index (χ0v) is 12.7. The van der Waals surface area contributed by atoms with E-state index in [1.807, 2.05) is 19.2 Å². The SMILES string of the molecule is Cc1ccc(Cn2c(CNC3CC3)cnc2C)c(Cl)c1. The Morgan fingerprint density at radius 2 is 2.15 bits per heavy atom. The minimum atomic E-state index is 0.710. The zero-order valence-electron chi connectivity index (χ0n) is 12.0. The molecular formula is C16H20ClN3. The highest BCUT2D eigenvalue weighted by Gasteiger charge is 2.21. The highest BCUT2D eigenvalue weighted by atomic mass is 35.5.